The number of rotatable bonds is 3. The highest BCUT2D eigenvalue weighted by molar-refractivity contribution is 5.78. The zero-order chi connectivity index (χ0) is 21.8. The molecule has 2 saturated carbocycles. The Morgan fingerprint density at radius 2 is 2.03 bits per heavy atom. The first-order valence-corrected chi connectivity index (χ1v) is 12.1. The predicted octanol–water partition coefficient (Wildman–Crippen LogP) is 6.53. The third-order valence-corrected chi connectivity index (χ3v) is 8.83. The Morgan fingerprint density at radius 1 is 1.19 bits per heavy atom. The summed E-state index contributed by atoms with van der Waals surface area (Å²) in [6.07, 6.45) is 17.9. The Hall–Kier alpha value is -2.16. The Morgan fingerprint density at radius 3 is 2.77 bits per heavy atom. The lowest BCUT2D eigenvalue weighted by atomic mass is 9.49. The molecular formula is C28H35NO2. The molecule has 5 unspecified atom stereocenters. The van der Waals surface area contributed by atoms with Gasteiger partial charge in [0, 0.05) is 24.2 Å². The average Bonchev–Trinajstić information content (AvgIpc) is 3.11. The number of esters is 1. The summed E-state index contributed by atoms with van der Waals surface area (Å²) in [6, 6.07) is 4.25. The molecule has 31 heavy (non-hydrogen) atoms. The van der Waals surface area contributed by atoms with E-state index in [0.717, 1.165) is 25.7 Å². The molecule has 1 heterocycles. The summed E-state index contributed by atoms with van der Waals surface area (Å²) >= 11 is 0. The van der Waals surface area contributed by atoms with Crippen molar-refractivity contribution in [1.82, 2.24) is 4.98 Å². The van der Waals surface area contributed by atoms with Crippen molar-refractivity contribution in [2.75, 3.05) is 0 Å². The minimum Gasteiger partial charge on any atom is -0.462 e. The first-order valence-electron chi connectivity index (χ1n) is 12.1. The van der Waals surface area contributed by atoms with Crippen molar-refractivity contribution in [1.29, 1.82) is 0 Å². The van der Waals surface area contributed by atoms with E-state index in [0.29, 0.717) is 11.8 Å². The lowest BCUT2D eigenvalue weighted by molar-refractivity contribution is -0.154. The summed E-state index contributed by atoms with van der Waals surface area (Å²) in [7, 11) is 0. The highest BCUT2D eigenvalue weighted by Crippen LogP contribution is 2.64. The van der Waals surface area contributed by atoms with Crippen LogP contribution in [0, 0.1) is 28.6 Å². The number of carbonyl (C=O) groups excluding carboxylic acids is 1. The second-order valence-corrected chi connectivity index (χ2v) is 10.9. The monoisotopic (exact) mass is 417 g/mol. The van der Waals surface area contributed by atoms with E-state index in [1.165, 1.54) is 24.0 Å². The average molecular weight is 418 g/mol. The van der Waals surface area contributed by atoms with Crippen molar-refractivity contribution in [3.8, 4) is 0 Å². The summed E-state index contributed by atoms with van der Waals surface area (Å²) in [6.45, 7) is 8.78. The van der Waals surface area contributed by atoms with Gasteiger partial charge in [0.1, 0.15) is 6.10 Å². The van der Waals surface area contributed by atoms with E-state index in [4.69, 9.17) is 4.74 Å². The standard InChI is InChI=1S/C28H35NO2/c1-18(2)26(30)31-21-11-13-27(3)20(16-21)7-8-22-24-10-9-23(19-6-5-15-29-17-19)28(24,4)14-12-25(22)27/h5-7,9-10,15,17-18,21-22,25H,8,11-14,16H2,1-4H3. The number of hydrogen-bond acceptors (Lipinski definition) is 3. The molecule has 3 heteroatoms. The Bertz CT molecular complexity index is 972. The lowest BCUT2D eigenvalue weighted by Crippen LogP contribution is -2.47. The number of carbonyl (C=O) groups is 1. The molecule has 0 saturated heterocycles. The molecule has 5 rings (SSSR count). The number of hydrogen-bond donors (Lipinski definition) is 0. The maximum Gasteiger partial charge on any atom is 0.308 e. The van der Waals surface area contributed by atoms with Gasteiger partial charge in [0.2, 0.25) is 0 Å². The van der Waals surface area contributed by atoms with Crippen LogP contribution in [0.5, 0.6) is 0 Å². The first kappa shape index (κ1) is 20.7. The zero-order valence-electron chi connectivity index (χ0n) is 19.4. The van der Waals surface area contributed by atoms with Crippen LogP contribution in [0.2, 0.25) is 0 Å². The van der Waals surface area contributed by atoms with Crippen LogP contribution >= 0.6 is 0 Å². The molecule has 0 radical (unpaired) electrons. The molecule has 0 spiro atoms. The van der Waals surface area contributed by atoms with Gasteiger partial charge in [-0.25, -0.2) is 0 Å². The fourth-order valence-corrected chi connectivity index (χ4v) is 6.97. The molecule has 1 aromatic heterocycles. The quantitative estimate of drug-likeness (QED) is 0.415. The maximum absolute atomic E-state index is 12.1. The molecule has 0 amide bonds. The van der Waals surface area contributed by atoms with Gasteiger partial charge in [-0.05, 0) is 66.6 Å². The maximum atomic E-state index is 12.1. The Balaban J connectivity index is 1.38. The number of allylic oxidation sites excluding steroid dienone is 5. The highest BCUT2D eigenvalue weighted by atomic mass is 16.5. The summed E-state index contributed by atoms with van der Waals surface area (Å²) in [5.41, 5.74) is 6.26. The van der Waals surface area contributed by atoms with Crippen LogP contribution in [0.4, 0.5) is 0 Å². The number of nitrogens with zero attached hydrogens (tertiary/aromatic N) is 1. The van der Waals surface area contributed by atoms with Crippen molar-refractivity contribution in [2.45, 2.75) is 72.3 Å². The zero-order valence-corrected chi connectivity index (χ0v) is 19.4. The fourth-order valence-electron chi connectivity index (χ4n) is 6.97. The fraction of sp³-hybridized carbons (Fsp3) is 0.571. The minimum atomic E-state index is -0.0542. The second kappa shape index (κ2) is 7.46. The lowest BCUT2D eigenvalue weighted by Gasteiger charge is -2.56. The molecule has 0 N–H and O–H groups in total. The van der Waals surface area contributed by atoms with E-state index in [1.807, 2.05) is 32.3 Å². The van der Waals surface area contributed by atoms with Crippen LogP contribution in [0.3, 0.4) is 0 Å². The smallest absolute Gasteiger partial charge is 0.308 e. The molecule has 0 aliphatic heterocycles. The van der Waals surface area contributed by atoms with Gasteiger partial charge in [-0.1, -0.05) is 63.1 Å². The molecule has 2 fully saturated rings. The molecule has 0 bridgehead atoms. The van der Waals surface area contributed by atoms with Crippen LogP contribution < -0.4 is 0 Å². The van der Waals surface area contributed by atoms with Crippen LogP contribution in [0.15, 0.2) is 53.9 Å². The third-order valence-electron chi connectivity index (χ3n) is 8.83. The van der Waals surface area contributed by atoms with Gasteiger partial charge in [0.15, 0.2) is 0 Å². The normalized spacial score (nSPS) is 36.5. The molecule has 1 aromatic rings. The Kier molecular flexibility index (Phi) is 4.99. The van der Waals surface area contributed by atoms with E-state index in [9.17, 15) is 4.79 Å². The third kappa shape index (κ3) is 3.23. The predicted molar refractivity (Wildman–Crippen MR) is 124 cm³/mol. The topological polar surface area (TPSA) is 39.2 Å². The van der Waals surface area contributed by atoms with Gasteiger partial charge in [-0.2, -0.15) is 0 Å². The molecule has 3 nitrogen and oxygen atoms in total. The molecular weight excluding hydrogens is 382 g/mol. The Labute approximate surface area is 186 Å². The van der Waals surface area contributed by atoms with Crippen molar-refractivity contribution in [3.63, 3.8) is 0 Å². The van der Waals surface area contributed by atoms with Crippen molar-refractivity contribution < 1.29 is 9.53 Å². The molecule has 164 valence electrons. The van der Waals surface area contributed by atoms with Crippen LogP contribution in [-0.4, -0.2) is 17.1 Å². The first-order chi connectivity index (χ1) is 14.8. The SMILES string of the molecule is CC(C)C(=O)OC1CCC2(C)C(=CCC3C4=CC=C(c5cccnc5)C4(C)CCC32)C1. The molecule has 0 aromatic carbocycles. The van der Waals surface area contributed by atoms with Gasteiger partial charge < -0.3 is 4.74 Å². The van der Waals surface area contributed by atoms with E-state index in [2.05, 4.69) is 43.1 Å². The van der Waals surface area contributed by atoms with Crippen LogP contribution in [0.1, 0.15) is 71.8 Å². The summed E-state index contributed by atoms with van der Waals surface area (Å²) in [4.78, 5) is 16.5. The molecule has 4 aliphatic carbocycles. The molecule has 4 aliphatic rings. The highest BCUT2D eigenvalue weighted by Gasteiger charge is 2.54. The number of aromatic nitrogens is 1. The number of fused-ring (bicyclic) bond motifs is 5. The summed E-state index contributed by atoms with van der Waals surface area (Å²) in [5, 5.41) is 0. The van der Waals surface area contributed by atoms with Crippen molar-refractivity contribution in [3.05, 3.63) is 59.5 Å². The van der Waals surface area contributed by atoms with Gasteiger partial charge in [-0.15, -0.1) is 0 Å². The summed E-state index contributed by atoms with van der Waals surface area (Å²) in [5.74, 6) is 1.20. The largest absolute Gasteiger partial charge is 0.462 e. The van der Waals surface area contributed by atoms with E-state index in [1.54, 1.807) is 11.1 Å². The van der Waals surface area contributed by atoms with Gasteiger partial charge in [-0.3, -0.25) is 9.78 Å². The summed E-state index contributed by atoms with van der Waals surface area (Å²) < 4.78 is 5.83. The van der Waals surface area contributed by atoms with E-state index < -0.39 is 0 Å². The van der Waals surface area contributed by atoms with Gasteiger partial charge in [0.25, 0.3) is 0 Å². The van der Waals surface area contributed by atoms with Gasteiger partial charge >= 0.3 is 5.97 Å². The van der Waals surface area contributed by atoms with E-state index in [-0.39, 0.29) is 28.8 Å². The molecule has 5 atom stereocenters. The second-order valence-electron chi connectivity index (χ2n) is 10.9. The van der Waals surface area contributed by atoms with E-state index >= 15 is 0 Å². The van der Waals surface area contributed by atoms with Crippen LogP contribution in [0.25, 0.3) is 5.57 Å². The van der Waals surface area contributed by atoms with Crippen molar-refractivity contribution in [2.24, 2.45) is 28.6 Å². The van der Waals surface area contributed by atoms with Crippen molar-refractivity contribution >= 4 is 11.5 Å². The minimum absolute atomic E-state index is 0.0511. The number of ether oxygens (including phenoxy) is 1. The van der Waals surface area contributed by atoms with Gasteiger partial charge in [0.05, 0.1) is 5.92 Å². The number of pyridine rings is 1. The van der Waals surface area contributed by atoms with Crippen LogP contribution in [-0.2, 0) is 9.53 Å².